The molecule has 0 saturated heterocycles. The maximum atomic E-state index is 13.6. The van der Waals surface area contributed by atoms with Crippen molar-refractivity contribution >= 4 is 17.4 Å². The molecule has 172 valence electrons. The second-order valence-corrected chi connectivity index (χ2v) is 8.46. The average Bonchev–Trinajstić information content (AvgIpc) is 2.93. The molecule has 2 aromatic carbocycles. The molecule has 2 aromatic rings. The second kappa shape index (κ2) is 9.57. The van der Waals surface area contributed by atoms with Crippen molar-refractivity contribution in [3.63, 3.8) is 0 Å². The van der Waals surface area contributed by atoms with Gasteiger partial charge in [0.15, 0.2) is 6.79 Å². The van der Waals surface area contributed by atoms with E-state index in [1.54, 1.807) is 32.0 Å². The van der Waals surface area contributed by atoms with Crippen LogP contribution in [-0.4, -0.2) is 35.9 Å². The Bertz CT molecular complexity index is 1150. The maximum absolute atomic E-state index is 13.6. The lowest BCUT2D eigenvalue weighted by atomic mass is 9.91. The van der Waals surface area contributed by atoms with Crippen LogP contribution < -0.4 is 0 Å². The van der Waals surface area contributed by atoms with Crippen molar-refractivity contribution in [1.29, 1.82) is 5.26 Å². The van der Waals surface area contributed by atoms with Gasteiger partial charge in [0.25, 0.3) is 5.91 Å². The predicted molar refractivity (Wildman–Crippen MR) is 123 cm³/mol. The first-order chi connectivity index (χ1) is 15.6. The van der Waals surface area contributed by atoms with Crippen LogP contribution in [0, 0.1) is 32.1 Å². The molecule has 0 radical (unpaired) electrons. The first-order valence-electron chi connectivity index (χ1n) is 10.7. The van der Waals surface area contributed by atoms with Crippen LogP contribution in [0.4, 0.5) is 0 Å². The number of aryl methyl sites for hydroxylation is 3. The Labute approximate surface area is 194 Å². The van der Waals surface area contributed by atoms with Crippen LogP contribution in [0.3, 0.4) is 0 Å². The summed E-state index contributed by atoms with van der Waals surface area (Å²) in [5.74, 6) is -0.885. The van der Waals surface area contributed by atoms with Crippen LogP contribution in [0.15, 0.2) is 42.2 Å². The van der Waals surface area contributed by atoms with E-state index in [2.05, 4.69) is 0 Å². The molecule has 7 nitrogen and oxygen atoms in total. The topological polar surface area (TPSA) is 88.9 Å². The van der Waals surface area contributed by atoms with Gasteiger partial charge in [-0.15, -0.1) is 0 Å². The molecule has 0 aliphatic carbocycles. The summed E-state index contributed by atoms with van der Waals surface area (Å²) in [4.78, 5) is 32.3. The van der Waals surface area contributed by atoms with Gasteiger partial charge >= 0.3 is 5.97 Å². The third-order valence-electron chi connectivity index (χ3n) is 5.51. The molecule has 0 spiro atoms. The van der Waals surface area contributed by atoms with Gasteiger partial charge in [-0.1, -0.05) is 23.8 Å². The van der Waals surface area contributed by atoms with Gasteiger partial charge in [-0.05, 0) is 76.4 Å². The fraction of sp³-hybridized carbons (Fsp3) is 0.346. The number of benzene rings is 2. The summed E-state index contributed by atoms with van der Waals surface area (Å²) in [6.07, 6.45) is 0. The normalized spacial score (nSPS) is 15.1. The van der Waals surface area contributed by atoms with Crippen molar-refractivity contribution in [2.75, 3.05) is 13.4 Å². The number of hydrogen-bond donors (Lipinski definition) is 0. The summed E-state index contributed by atoms with van der Waals surface area (Å²) in [6, 6.07) is 12.2. The fourth-order valence-corrected chi connectivity index (χ4v) is 4.08. The number of rotatable bonds is 7. The molecule has 0 bridgehead atoms. The number of hydroxylamine groups is 2. The average molecular weight is 449 g/mol. The summed E-state index contributed by atoms with van der Waals surface area (Å²) in [5.41, 5.74) is 3.29. The lowest BCUT2D eigenvalue weighted by Gasteiger charge is -2.31. The largest absolute Gasteiger partial charge is 0.424 e. The number of ether oxygens (including phenoxy) is 2. The highest BCUT2D eigenvalue weighted by molar-refractivity contribution is 6.23. The van der Waals surface area contributed by atoms with Crippen LogP contribution in [-0.2, 0) is 19.1 Å². The molecule has 7 heteroatoms. The molecule has 0 saturated carbocycles. The predicted octanol–water partition coefficient (Wildman–Crippen LogP) is 4.60. The van der Waals surface area contributed by atoms with Crippen LogP contribution >= 0.6 is 0 Å². The van der Waals surface area contributed by atoms with Gasteiger partial charge in [-0.2, -0.15) is 5.26 Å². The zero-order valence-electron chi connectivity index (χ0n) is 19.8. The zero-order valence-corrected chi connectivity index (χ0v) is 19.8. The Balaban J connectivity index is 2.13. The van der Waals surface area contributed by atoms with Crippen molar-refractivity contribution < 1.29 is 23.9 Å². The summed E-state index contributed by atoms with van der Waals surface area (Å²) >= 11 is 0. The third kappa shape index (κ3) is 4.68. The minimum Gasteiger partial charge on any atom is -0.424 e. The van der Waals surface area contributed by atoms with Gasteiger partial charge in [0, 0.05) is 6.61 Å². The summed E-state index contributed by atoms with van der Waals surface area (Å²) in [5, 5.41) is 10.4. The summed E-state index contributed by atoms with van der Waals surface area (Å²) < 4.78 is 11.2. The number of nitrogens with zero attached hydrogens (tertiary/aromatic N) is 2. The van der Waals surface area contributed by atoms with E-state index in [0.29, 0.717) is 17.7 Å². The van der Waals surface area contributed by atoms with Crippen LogP contribution in [0.25, 0.3) is 5.57 Å². The standard InChI is InChI=1S/C26H28N2O5/c1-7-31-15-32-28-24(29)22(21-17(3)11-16(2)12-18(21)4)23(26(28,5)6)33-25(30)20-10-8-9-19(13-20)14-27/h8-13H,7,15H2,1-6H3. The van der Waals surface area contributed by atoms with Crippen LogP contribution in [0.2, 0.25) is 0 Å². The molecule has 1 aliphatic heterocycles. The van der Waals surface area contributed by atoms with E-state index in [1.165, 1.54) is 11.1 Å². The number of nitriles is 1. The Morgan fingerprint density at radius 3 is 2.39 bits per heavy atom. The molecular formula is C26H28N2O5. The van der Waals surface area contributed by atoms with E-state index in [4.69, 9.17) is 19.6 Å². The quantitative estimate of drug-likeness (QED) is 0.349. The molecule has 3 rings (SSSR count). The van der Waals surface area contributed by atoms with E-state index >= 15 is 0 Å². The minimum absolute atomic E-state index is 0.115. The Kier molecular flexibility index (Phi) is 7.01. The Morgan fingerprint density at radius 1 is 1.12 bits per heavy atom. The smallest absolute Gasteiger partial charge is 0.343 e. The van der Waals surface area contributed by atoms with Crippen LogP contribution in [0.1, 0.15) is 58.9 Å². The van der Waals surface area contributed by atoms with Gasteiger partial charge in [-0.25, -0.2) is 14.7 Å². The number of carbonyl (C=O) groups excluding carboxylic acids is 2. The number of amides is 1. The molecular weight excluding hydrogens is 420 g/mol. The molecule has 33 heavy (non-hydrogen) atoms. The summed E-state index contributed by atoms with van der Waals surface area (Å²) in [6.45, 7) is 11.5. The van der Waals surface area contributed by atoms with E-state index in [0.717, 1.165) is 16.7 Å². The Hall–Kier alpha value is -3.47. The fourth-order valence-electron chi connectivity index (χ4n) is 4.08. The highest BCUT2D eigenvalue weighted by atomic mass is 16.8. The first kappa shape index (κ1) is 24.2. The van der Waals surface area contributed by atoms with Crippen molar-refractivity contribution in [2.24, 2.45) is 0 Å². The Morgan fingerprint density at radius 2 is 1.79 bits per heavy atom. The van der Waals surface area contributed by atoms with Crippen molar-refractivity contribution in [3.05, 3.63) is 75.5 Å². The summed E-state index contributed by atoms with van der Waals surface area (Å²) in [7, 11) is 0. The second-order valence-electron chi connectivity index (χ2n) is 8.46. The molecule has 1 heterocycles. The number of hydrogen-bond acceptors (Lipinski definition) is 6. The molecule has 0 aromatic heterocycles. The van der Waals surface area contributed by atoms with Gasteiger partial charge in [0.1, 0.15) is 11.3 Å². The molecule has 0 atom stereocenters. The van der Waals surface area contributed by atoms with Crippen molar-refractivity contribution in [3.8, 4) is 6.07 Å². The van der Waals surface area contributed by atoms with E-state index in [-0.39, 0.29) is 23.7 Å². The van der Waals surface area contributed by atoms with E-state index in [9.17, 15) is 9.59 Å². The maximum Gasteiger partial charge on any atom is 0.343 e. The lowest BCUT2D eigenvalue weighted by molar-refractivity contribution is -0.242. The van der Waals surface area contributed by atoms with Gasteiger partial charge in [0.2, 0.25) is 0 Å². The van der Waals surface area contributed by atoms with E-state index < -0.39 is 17.4 Å². The zero-order chi connectivity index (χ0) is 24.3. The first-order valence-corrected chi connectivity index (χ1v) is 10.7. The molecule has 0 N–H and O–H groups in total. The van der Waals surface area contributed by atoms with E-state index in [1.807, 2.05) is 45.9 Å². The van der Waals surface area contributed by atoms with Gasteiger partial charge in [0.05, 0.1) is 22.8 Å². The highest BCUT2D eigenvalue weighted by Gasteiger charge is 2.50. The lowest BCUT2D eigenvalue weighted by Crippen LogP contribution is -2.44. The number of esters is 1. The highest BCUT2D eigenvalue weighted by Crippen LogP contribution is 2.43. The minimum atomic E-state index is -1.09. The van der Waals surface area contributed by atoms with Crippen molar-refractivity contribution in [1.82, 2.24) is 5.06 Å². The molecule has 0 fully saturated rings. The van der Waals surface area contributed by atoms with Gasteiger partial charge in [-0.3, -0.25) is 4.79 Å². The third-order valence-corrected chi connectivity index (χ3v) is 5.51. The van der Waals surface area contributed by atoms with Gasteiger partial charge < -0.3 is 9.47 Å². The SMILES string of the molecule is CCOCON1C(=O)C(c2c(C)cc(C)cc2C)=C(OC(=O)c2cccc(C#N)c2)C1(C)C. The molecule has 0 unspecified atom stereocenters. The molecule has 1 aliphatic rings. The molecule has 1 amide bonds. The number of carbonyl (C=O) groups is 2. The van der Waals surface area contributed by atoms with Crippen LogP contribution in [0.5, 0.6) is 0 Å². The van der Waals surface area contributed by atoms with Crippen molar-refractivity contribution in [2.45, 2.75) is 47.1 Å². The monoisotopic (exact) mass is 448 g/mol.